The minimum Gasteiger partial charge on any atom is -0.480 e. The van der Waals surface area contributed by atoms with Gasteiger partial charge in [0.2, 0.25) is 0 Å². The number of carboxylic acid groups (broad SMARTS) is 1. The molecule has 1 aromatic rings. The van der Waals surface area contributed by atoms with Gasteiger partial charge >= 0.3 is 5.97 Å². The van der Waals surface area contributed by atoms with E-state index in [2.05, 4.69) is 0 Å². The minimum atomic E-state index is -1.05. The van der Waals surface area contributed by atoms with E-state index in [-0.39, 0.29) is 12.2 Å². The molecule has 7 N–H and O–H groups in total. The van der Waals surface area contributed by atoms with Crippen molar-refractivity contribution in [1.82, 2.24) is 0 Å². The first kappa shape index (κ1) is 22.6. The van der Waals surface area contributed by atoms with Crippen LogP contribution in [0.15, 0.2) is 24.3 Å². The monoisotopic (exact) mass is 354 g/mol. The van der Waals surface area contributed by atoms with Gasteiger partial charge in [-0.25, -0.2) is 0 Å². The number of nitrogens with two attached hydrogens (primary N) is 3. The predicted molar refractivity (Wildman–Crippen MR) is 94.2 cm³/mol. The Kier molecular flexibility index (Phi) is 11.8. The normalized spacial score (nSPS) is 14.8. The summed E-state index contributed by atoms with van der Waals surface area (Å²) in [6, 6.07) is 5.19. The van der Waals surface area contributed by atoms with Crippen LogP contribution in [-0.2, 0) is 4.79 Å². The van der Waals surface area contributed by atoms with Crippen molar-refractivity contribution in [2.45, 2.75) is 44.2 Å². The first-order chi connectivity index (χ1) is 11.8. The third kappa shape index (κ3) is 10.9. The SMILES string of the molecule is NC1CCCCC1.NC[C@H](N)C(=O)O.O=Cc1cccc([N+](=O)[O-])c1. The van der Waals surface area contributed by atoms with Crippen LogP contribution in [0.25, 0.3) is 0 Å². The lowest BCUT2D eigenvalue weighted by atomic mass is 9.97. The number of hydrogen-bond donors (Lipinski definition) is 4. The number of nitrogens with zero attached hydrogens (tertiary/aromatic N) is 1. The van der Waals surface area contributed by atoms with E-state index in [1.54, 1.807) is 0 Å². The Bertz CT molecular complexity index is 547. The van der Waals surface area contributed by atoms with E-state index in [0.717, 1.165) is 0 Å². The number of benzene rings is 1. The zero-order chi connectivity index (χ0) is 19.2. The molecule has 0 amide bonds. The van der Waals surface area contributed by atoms with Gasteiger partial charge in [-0.05, 0) is 12.8 Å². The van der Waals surface area contributed by atoms with Crippen molar-refractivity contribution in [3.8, 4) is 0 Å². The number of carbonyl (C=O) groups is 2. The number of rotatable bonds is 4. The van der Waals surface area contributed by atoms with E-state index in [1.807, 2.05) is 0 Å². The molecule has 0 saturated heterocycles. The van der Waals surface area contributed by atoms with Crippen molar-refractivity contribution < 1.29 is 19.6 Å². The Morgan fingerprint density at radius 3 is 2.28 bits per heavy atom. The molecule has 1 aromatic carbocycles. The average molecular weight is 354 g/mol. The molecule has 140 valence electrons. The summed E-state index contributed by atoms with van der Waals surface area (Å²) in [4.78, 5) is 29.5. The Balaban J connectivity index is 0.000000362. The number of hydrogen-bond acceptors (Lipinski definition) is 7. The van der Waals surface area contributed by atoms with Gasteiger partial charge in [-0.3, -0.25) is 19.7 Å². The van der Waals surface area contributed by atoms with E-state index in [0.29, 0.717) is 17.9 Å². The second-order valence-corrected chi connectivity index (χ2v) is 5.55. The summed E-state index contributed by atoms with van der Waals surface area (Å²) in [5.74, 6) is -1.05. The van der Waals surface area contributed by atoms with Crippen LogP contribution < -0.4 is 17.2 Å². The topological polar surface area (TPSA) is 176 Å². The first-order valence-electron chi connectivity index (χ1n) is 7.95. The largest absolute Gasteiger partial charge is 0.480 e. The third-order valence-electron chi connectivity index (χ3n) is 3.44. The standard InChI is InChI=1S/C7H5NO3.C6H13N.C3H8N2O2/c9-5-6-2-1-3-7(4-6)8(10)11;7-6-4-2-1-3-5-6;4-1-2(5)3(6)7/h1-5H;6H,1-5,7H2;2H,1,4-5H2,(H,6,7)/t;;2-/m..0/s1. The van der Waals surface area contributed by atoms with Crippen LogP contribution in [0.3, 0.4) is 0 Å². The molecule has 0 unspecified atom stereocenters. The fourth-order valence-electron chi connectivity index (χ4n) is 1.95. The van der Waals surface area contributed by atoms with Gasteiger partial charge in [0.05, 0.1) is 4.92 Å². The first-order valence-corrected chi connectivity index (χ1v) is 7.95. The van der Waals surface area contributed by atoms with Gasteiger partial charge in [-0.2, -0.15) is 0 Å². The van der Waals surface area contributed by atoms with Crippen LogP contribution in [0.1, 0.15) is 42.5 Å². The van der Waals surface area contributed by atoms with Gasteiger partial charge in [0, 0.05) is 30.3 Å². The van der Waals surface area contributed by atoms with E-state index < -0.39 is 16.9 Å². The van der Waals surface area contributed by atoms with Crippen molar-refractivity contribution in [3.63, 3.8) is 0 Å². The molecule has 9 heteroatoms. The summed E-state index contributed by atoms with van der Waals surface area (Å²) in [6.45, 7) is -0.00463. The van der Waals surface area contributed by atoms with Gasteiger partial charge in [0.25, 0.3) is 5.69 Å². The number of non-ortho nitro benzene ring substituents is 1. The summed E-state index contributed by atoms with van der Waals surface area (Å²) >= 11 is 0. The maximum absolute atomic E-state index is 10.2. The van der Waals surface area contributed by atoms with Crippen LogP contribution in [-0.4, -0.2) is 40.9 Å². The number of nitro groups is 1. The molecular formula is C16H26N4O5. The molecule has 9 nitrogen and oxygen atoms in total. The van der Waals surface area contributed by atoms with E-state index in [9.17, 15) is 19.7 Å². The molecular weight excluding hydrogens is 328 g/mol. The quantitative estimate of drug-likeness (QED) is 0.352. The fraction of sp³-hybridized carbons (Fsp3) is 0.500. The lowest BCUT2D eigenvalue weighted by Gasteiger charge is -2.15. The molecule has 2 rings (SSSR count). The highest BCUT2D eigenvalue weighted by Crippen LogP contribution is 2.14. The number of carboxylic acids is 1. The Morgan fingerprint density at radius 2 is 1.96 bits per heavy atom. The Labute approximate surface area is 146 Å². The van der Waals surface area contributed by atoms with Crippen molar-refractivity contribution in [2.24, 2.45) is 17.2 Å². The second kappa shape index (κ2) is 13.0. The molecule has 1 aliphatic rings. The summed E-state index contributed by atoms with van der Waals surface area (Å²) in [7, 11) is 0. The van der Waals surface area contributed by atoms with E-state index >= 15 is 0 Å². The maximum Gasteiger partial charge on any atom is 0.321 e. The van der Waals surface area contributed by atoms with Crippen LogP contribution in [0.2, 0.25) is 0 Å². The predicted octanol–water partition coefficient (Wildman–Crippen LogP) is 1.04. The van der Waals surface area contributed by atoms with Gasteiger partial charge < -0.3 is 22.3 Å². The van der Waals surface area contributed by atoms with Gasteiger partial charge in [-0.1, -0.05) is 31.4 Å². The van der Waals surface area contributed by atoms with E-state index in [1.165, 1.54) is 56.4 Å². The fourth-order valence-corrected chi connectivity index (χ4v) is 1.95. The summed E-state index contributed by atoms with van der Waals surface area (Å²) in [5.41, 5.74) is 15.7. The highest BCUT2D eigenvalue weighted by atomic mass is 16.6. The summed E-state index contributed by atoms with van der Waals surface area (Å²) in [5, 5.41) is 18.1. The lowest BCUT2D eigenvalue weighted by Crippen LogP contribution is -2.37. The van der Waals surface area contributed by atoms with Crippen LogP contribution in [0.4, 0.5) is 5.69 Å². The van der Waals surface area contributed by atoms with Crippen LogP contribution in [0.5, 0.6) is 0 Å². The number of carbonyl (C=O) groups excluding carboxylic acids is 1. The minimum absolute atomic E-state index is 0.00463. The smallest absolute Gasteiger partial charge is 0.321 e. The lowest BCUT2D eigenvalue weighted by molar-refractivity contribution is -0.384. The molecule has 1 aliphatic carbocycles. The molecule has 25 heavy (non-hydrogen) atoms. The summed E-state index contributed by atoms with van der Waals surface area (Å²) < 4.78 is 0. The highest BCUT2D eigenvalue weighted by Gasteiger charge is 2.07. The van der Waals surface area contributed by atoms with Gasteiger partial charge in [0.15, 0.2) is 0 Å². The number of nitro benzene ring substituents is 1. The third-order valence-corrected chi connectivity index (χ3v) is 3.44. The van der Waals surface area contributed by atoms with E-state index in [4.69, 9.17) is 22.3 Å². The number of aldehydes is 1. The molecule has 0 aliphatic heterocycles. The van der Waals surface area contributed by atoms with Crippen molar-refractivity contribution >= 4 is 17.9 Å². The zero-order valence-electron chi connectivity index (χ0n) is 14.0. The molecule has 0 aromatic heterocycles. The number of aliphatic carboxylic acids is 1. The second-order valence-electron chi connectivity index (χ2n) is 5.55. The van der Waals surface area contributed by atoms with Crippen LogP contribution >= 0.6 is 0 Å². The zero-order valence-corrected chi connectivity index (χ0v) is 14.0. The van der Waals surface area contributed by atoms with Crippen molar-refractivity contribution in [1.29, 1.82) is 0 Å². The molecule has 0 spiro atoms. The molecule has 1 fully saturated rings. The molecule has 0 heterocycles. The van der Waals surface area contributed by atoms with Gasteiger partial charge in [0.1, 0.15) is 12.3 Å². The molecule has 1 atom stereocenters. The summed E-state index contributed by atoms with van der Waals surface area (Å²) in [6.07, 6.45) is 7.24. The van der Waals surface area contributed by atoms with Crippen LogP contribution in [0, 0.1) is 10.1 Å². The van der Waals surface area contributed by atoms with Crippen molar-refractivity contribution in [2.75, 3.05) is 6.54 Å². The Morgan fingerprint density at radius 1 is 1.36 bits per heavy atom. The molecule has 1 saturated carbocycles. The Hall–Kier alpha value is -2.36. The highest BCUT2D eigenvalue weighted by molar-refractivity contribution is 5.75. The molecule has 0 radical (unpaired) electrons. The van der Waals surface area contributed by atoms with Gasteiger partial charge in [-0.15, -0.1) is 0 Å². The molecule has 0 bridgehead atoms. The average Bonchev–Trinajstić information content (AvgIpc) is 2.62. The maximum atomic E-state index is 10.2. The van der Waals surface area contributed by atoms with Crippen molar-refractivity contribution in [3.05, 3.63) is 39.9 Å².